The molecule has 0 spiro atoms. The lowest BCUT2D eigenvalue weighted by Gasteiger charge is -2.37. The Kier molecular flexibility index (Phi) is 5.42. The molecule has 0 bridgehead atoms. The van der Waals surface area contributed by atoms with Crippen LogP contribution in [-0.4, -0.2) is 55.4 Å². The van der Waals surface area contributed by atoms with Gasteiger partial charge in [0.2, 0.25) is 0 Å². The molecule has 1 aromatic carbocycles. The third-order valence-corrected chi connectivity index (χ3v) is 3.64. The van der Waals surface area contributed by atoms with Crippen LogP contribution in [0.15, 0.2) is 24.3 Å². The first-order valence-corrected chi connectivity index (χ1v) is 6.80. The fourth-order valence-corrected chi connectivity index (χ4v) is 2.60. The number of rotatable bonds is 5. The van der Waals surface area contributed by atoms with Crippen molar-refractivity contribution in [3.8, 4) is 0 Å². The van der Waals surface area contributed by atoms with Crippen LogP contribution in [0, 0.1) is 0 Å². The third-order valence-electron chi connectivity index (χ3n) is 3.32. The van der Waals surface area contributed by atoms with Gasteiger partial charge in [-0.05, 0) is 12.1 Å². The van der Waals surface area contributed by atoms with E-state index in [0.29, 0.717) is 6.54 Å². The molecule has 1 aromatic rings. The largest absolute Gasteiger partial charge is 0.389 e. The summed E-state index contributed by atoms with van der Waals surface area (Å²) < 4.78 is 0. The van der Waals surface area contributed by atoms with Crippen LogP contribution >= 0.6 is 11.6 Å². The lowest BCUT2D eigenvalue weighted by molar-refractivity contribution is 0.0154. The average Bonchev–Trinajstić information content (AvgIpc) is 2.41. The van der Waals surface area contributed by atoms with Gasteiger partial charge in [0, 0.05) is 32.7 Å². The summed E-state index contributed by atoms with van der Waals surface area (Å²) in [6.07, 6.45) is -0.531. The Balaban J connectivity index is 1.84. The first kappa shape index (κ1) is 14.6. The quantitative estimate of drug-likeness (QED) is 0.781. The van der Waals surface area contributed by atoms with Gasteiger partial charge < -0.3 is 14.8 Å². The predicted molar refractivity (Wildman–Crippen MR) is 76.3 cm³/mol. The summed E-state index contributed by atoms with van der Waals surface area (Å²) in [5, 5.41) is 10.4. The van der Waals surface area contributed by atoms with E-state index in [4.69, 9.17) is 17.5 Å². The third kappa shape index (κ3) is 4.06. The van der Waals surface area contributed by atoms with Gasteiger partial charge in [-0.25, -0.2) is 5.90 Å². The van der Waals surface area contributed by atoms with Crippen molar-refractivity contribution in [2.24, 2.45) is 5.90 Å². The molecule has 1 aliphatic heterocycles. The Morgan fingerprint density at radius 2 is 1.95 bits per heavy atom. The summed E-state index contributed by atoms with van der Waals surface area (Å²) >= 11 is 6.19. The SMILES string of the molecule is NOCC(O)CN1CCN(c2ccccc2Cl)CC1. The summed E-state index contributed by atoms with van der Waals surface area (Å²) in [5.74, 6) is 4.95. The van der Waals surface area contributed by atoms with Crippen LogP contribution in [0.1, 0.15) is 0 Å². The van der Waals surface area contributed by atoms with Gasteiger partial charge in [-0.15, -0.1) is 0 Å². The van der Waals surface area contributed by atoms with E-state index >= 15 is 0 Å². The first-order chi connectivity index (χ1) is 9.20. The first-order valence-electron chi connectivity index (χ1n) is 6.42. The van der Waals surface area contributed by atoms with Gasteiger partial charge in [0.05, 0.1) is 23.4 Å². The molecule has 0 aliphatic carbocycles. The highest BCUT2D eigenvalue weighted by molar-refractivity contribution is 6.33. The second-order valence-electron chi connectivity index (χ2n) is 4.73. The highest BCUT2D eigenvalue weighted by Crippen LogP contribution is 2.25. The van der Waals surface area contributed by atoms with Gasteiger partial charge in [0.25, 0.3) is 0 Å². The monoisotopic (exact) mass is 285 g/mol. The molecule has 1 unspecified atom stereocenters. The number of hydrogen-bond acceptors (Lipinski definition) is 5. The van der Waals surface area contributed by atoms with Crippen molar-refractivity contribution in [3.05, 3.63) is 29.3 Å². The molecule has 2 rings (SSSR count). The second kappa shape index (κ2) is 7.07. The zero-order chi connectivity index (χ0) is 13.7. The summed E-state index contributed by atoms with van der Waals surface area (Å²) in [5.41, 5.74) is 1.08. The highest BCUT2D eigenvalue weighted by Gasteiger charge is 2.20. The number of benzene rings is 1. The van der Waals surface area contributed by atoms with Crippen LogP contribution in [0.2, 0.25) is 5.02 Å². The van der Waals surface area contributed by atoms with Crippen LogP contribution in [0.3, 0.4) is 0 Å². The number of β-amino-alcohol motifs (C(OH)–C–C–N with tert-alkyl or cyclic N) is 1. The molecule has 0 radical (unpaired) electrons. The van der Waals surface area contributed by atoms with Crippen molar-refractivity contribution in [1.29, 1.82) is 0 Å². The Labute approximate surface area is 118 Å². The Bertz CT molecular complexity index is 397. The van der Waals surface area contributed by atoms with Gasteiger partial charge in [-0.1, -0.05) is 23.7 Å². The minimum atomic E-state index is -0.531. The molecule has 1 aliphatic rings. The molecule has 106 valence electrons. The molecule has 5 nitrogen and oxygen atoms in total. The molecular weight excluding hydrogens is 266 g/mol. The van der Waals surface area contributed by atoms with Crippen LogP contribution in [0.25, 0.3) is 0 Å². The van der Waals surface area contributed by atoms with E-state index in [0.717, 1.165) is 36.9 Å². The number of anilines is 1. The second-order valence-corrected chi connectivity index (χ2v) is 5.13. The summed E-state index contributed by atoms with van der Waals surface area (Å²) in [7, 11) is 0. The van der Waals surface area contributed by atoms with E-state index in [9.17, 15) is 5.11 Å². The number of aliphatic hydroxyl groups is 1. The fourth-order valence-electron chi connectivity index (χ4n) is 2.34. The number of piperazine rings is 1. The molecule has 19 heavy (non-hydrogen) atoms. The zero-order valence-electron chi connectivity index (χ0n) is 10.8. The van der Waals surface area contributed by atoms with Gasteiger partial charge >= 0.3 is 0 Å². The van der Waals surface area contributed by atoms with Crippen molar-refractivity contribution < 1.29 is 9.94 Å². The van der Waals surface area contributed by atoms with E-state index in [1.807, 2.05) is 24.3 Å². The molecule has 6 heteroatoms. The highest BCUT2D eigenvalue weighted by atomic mass is 35.5. The smallest absolute Gasteiger partial charge is 0.0951 e. The number of hydrogen-bond donors (Lipinski definition) is 2. The van der Waals surface area contributed by atoms with Crippen molar-refractivity contribution in [2.45, 2.75) is 6.10 Å². The van der Waals surface area contributed by atoms with Crippen molar-refractivity contribution >= 4 is 17.3 Å². The van der Waals surface area contributed by atoms with E-state index in [2.05, 4.69) is 14.6 Å². The van der Waals surface area contributed by atoms with E-state index in [1.165, 1.54) is 0 Å². The number of nitrogens with two attached hydrogens (primary N) is 1. The van der Waals surface area contributed by atoms with Gasteiger partial charge in [0.1, 0.15) is 0 Å². The van der Waals surface area contributed by atoms with Crippen LogP contribution in [0.5, 0.6) is 0 Å². The number of nitrogens with zero attached hydrogens (tertiary/aromatic N) is 2. The summed E-state index contributed by atoms with van der Waals surface area (Å²) in [6, 6.07) is 7.88. The number of aliphatic hydroxyl groups excluding tert-OH is 1. The van der Waals surface area contributed by atoms with Crippen molar-refractivity contribution in [3.63, 3.8) is 0 Å². The molecule has 3 N–H and O–H groups in total. The number of para-hydroxylation sites is 1. The Morgan fingerprint density at radius 1 is 1.26 bits per heavy atom. The lowest BCUT2D eigenvalue weighted by Crippen LogP contribution is -2.49. The molecule has 0 aromatic heterocycles. The molecule has 1 saturated heterocycles. The fraction of sp³-hybridized carbons (Fsp3) is 0.538. The maximum Gasteiger partial charge on any atom is 0.0951 e. The Morgan fingerprint density at radius 3 is 2.58 bits per heavy atom. The molecule has 1 heterocycles. The van der Waals surface area contributed by atoms with Crippen molar-refractivity contribution in [1.82, 2.24) is 4.90 Å². The number of halogens is 1. The minimum absolute atomic E-state index is 0.171. The average molecular weight is 286 g/mol. The summed E-state index contributed by atoms with van der Waals surface area (Å²) in [4.78, 5) is 8.92. The Hall–Kier alpha value is -0.850. The van der Waals surface area contributed by atoms with Gasteiger partial charge in [-0.2, -0.15) is 0 Å². The minimum Gasteiger partial charge on any atom is -0.389 e. The van der Waals surface area contributed by atoms with E-state index in [-0.39, 0.29) is 6.61 Å². The van der Waals surface area contributed by atoms with Crippen LogP contribution in [-0.2, 0) is 4.84 Å². The van der Waals surface area contributed by atoms with E-state index < -0.39 is 6.10 Å². The molecule has 0 amide bonds. The van der Waals surface area contributed by atoms with Crippen LogP contribution < -0.4 is 10.8 Å². The lowest BCUT2D eigenvalue weighted by atomic mass is 10.2. The molecule has 0 saturated carbocycles. The van der Waals surface area contributed by atoms with Gasteiger partial charge in [0.15, 0.2) is 0 Å². The maximum absolute atomic E-state index is 9.65. The molecular formula is C13H20ClN3O2. The normalized spacial score (nSPS) is 18.6. The van der Waals surface area contributed by atoms with E-state index in [1.54, 1.807) is 0 Å². The van der Waals surface area contributed by atoms with Crippen molar-refractivity contribution in [2.75, 3.05) is 44.2 Å². The topological polar surface area (TPSA) is 62.0 Å². The standard InChI is InChI=1S/C13H20ClN3O2/c14-12-3-1-2-4-13(12)17-7-5-16(6-8-17)9-11(18)10-19-15/h1-4,11,18H,5-10,15H2. The predicted octanol–water partition coefficient (Wildman–Crippen LogP) is 0.713. The molecule has 1 atom stereocenters. The summed E-state index contributed by atoms with van der Waals surface area (Å²) in [6.45, 7) is 4.36. The molecule has 1 fully saturated rings. The maximum atomic E-state index is 9.65. The zero-order valence-corrected chi connectivity index (χ0v) is 11.6. The van der Waals surface area contributed by atoms with Gasteiger partial charge in [-0.3, -0.25) is 4.90 Å². The van der Waals surface area contributed by atoms with Crippen LogP contribution in [0.4, 0.5) is 5.69 Å².